The third-order valence-electron chi connectivity index (χ3n) is 4.71. The molecule has 146 valence electrons. The van der Waals surface area contributed by atoms with Gasteiger partial charge in [0.1, 0.15) is 0 Å². The van der Waals surface area contributed by atoms with Gasteiger partial charge >= 0.3 is 6.09 Å². The summed E-state index contributed by atoms with van der Waals surface area (Å²) in [5.74, 6) is 0.0753. The van der Waals surface area contributed by atoms with Gasteiger partial charge in [-0.1, -0.05) is 44.0 Å². The first-order chi connectivity index (χ1) is 11.9. The Hall–Kier alpha value is -1.02. The van der Waals surface area contributed by atoms with Gasteiger partial charge in [-0.25, -0.2) is 13.2 Å². The second-order valence-electron chi connectivity index (χ2n) is 7.61. The van der Waals surface area contributed by atoms with Crippen LogP contribution in [0.15, 0.2) is 23.1 Å². The van der Waals surface area contributed by atoms with Gasteiger partial charge in [-0.3, -0.25) is 0 Å². The van der Waals surface area contributed by atoms with Crippen LogP contribution in [0.25, 0.3) is 0 Å². The molecule has 0 spiro atoms. The Labute approximate surface area is 164 Å². The van der Waals surface area contributed by atoms with Gasteiger partial charge in [0.15, 0.2) is 0 Å². The zero-order valence-electron chi connectivity index (χ0n) is 15.0. The molecule has 2 rings (SSSR count). The Morgan fingerprint density at radius 1 is 1.23 bits per heavy atom. The van der Waals surface area contributed by atoms with Crippen molar-refractivity contribution in [1.82, 2.24) is 9.62 Å². The zero-order valence-corrected chi connectivity index (χ0v) is 17.3. The summed E-state index contributed by atoms with van der Waals surface area (Å²) in [4.78, 5) is 11.2. The third kappa shape index (κ3) is 4.82. The molecule has 1 aromatic carbocycles. The Morgan fingerprint density at radius 3 is 2.27 bits per heavy atom. The molecule has 1 atom stereocenters. The van der Waals surface area contributed by atoms with Gasteiger partial charge in [-0.05, 0) is 42.4 Å². The van der Waals surface area contributed by atoms with Crippen LogP contribution in [0.4, 0.5) is 4.79 Å². The molecule has 1 aliphatic heterocycles. The third-order valence-corrected chi connectivity index (χ3v) is 7.34. The van der Waals surface area contributed by atoms with E-state index in [1.165, 1.54) is 22.5 Å². The van der Waals surface area contributed by atoms with Crippen molar-refractivity contribution in [2.75, 3.05) is 13.1 Å². The van der Waals surface area contributed by atoms with Gasteiger partial charge < -0.3 is 10.4 Å². The fourth-order valence-corrected chi connectivity index (χ4v) is 5.27. The van der Waals surface area contributed by atoms with E-state index in [-0.39, 0.29) is 27.3 Å². The first-order valence-electron chi connectivity index (χ1n) is 8.37. The topological polar surface area (TPSA) is 86.7 Å². The second-order valence-corrected chi connectivity index (χ2v) is 10.4. The van der Waals surface area contributed by atoms with E-state index in [1.807, 2.05) is 20.8 Å². The van der Waals surface area contributed by atoms with Crippen LogP contribution < -0.4 is 5.32 Å². The molecule has 0 bridgehead atoms. The van der Waals surface area contributed by atoms with Crippen LogP contribution in [0.5, 0.6) is 0 Å². The average Bonchev–Trinajstić information content (AvgIpc) is 2.54. The molecule has 1 amide bonds. The van der Waals surface area contributed by atoms with Crippen molar-refractivity contribution in [1.29, 1.82) is 0 Å². The number of hydrogen-bond acceptors (Lipinski definition) is 3. The summed E-state index contributed by atoms with van der Waals surface area (Å²) in [6, 6.07) is 4.03. The highest BCUT2D eigenvalue weighted by molar-refractivity contribution is 7.89. The van der Waals surface area contributed by atoms with Crippen molar-refractivity contribution in [2.24, 2.45) is 11.3 Å². The Morgan fingerprint density at radius 2 is 1.81 bits per heavy atom. The minimum atomic E-state index is -3.66. The fourth-order valence-electron chi connectivity index (χ4n) is 3.41. The van der Waals surface area contributed by atoms with E-state index in [2.05, 4.69) is 5.32 Å². The predicted molar refractivity (Wildman–Crippen MR) is 102 cm³/mol. The first-order valence-corrected chi connectivity index (χ1v) is 10.6. The molecule has 0 saturated carbocycles. The summed E-state index contributed by atoms with van der Waals surface area (Å²) in [6.45, 7) is 6.60. The van der Waals surface area contributed by atoms with Crippen LogP contribution in [0.2, 0.25) is 10.0 Å². The monoisotopic (exact) mass is 422 g/mol. The van der Waals surface area contributed by atoms with Gasteiger partial charge in [0.25, 0.3) is 0 Å². The van der Waals surface area contributed by atoms with E-state index in [4.69, 9.17) is 28.3 Å². The summed E-state index contributed by atoms with van der Waals surface area (Å²) in [5.41, 5.74) is -0.256. The van der Waals surface area contributed by atoms with Gasteiger partial charge in [-0.15, -0.1) is 0 Å². The van der Waals surface area contributed by atoms with Gasteiger partial charge in [0, 0.05) is 19.1 Å². The number of nitrogens with zero attached hydrogens (tertiary/aromatic N) is 1. The van der Waals surface area contributed by atoms with Crippen molar-refractivity contribution in [3.05, 3.63) is 28.2 Å². The number of benzene rings is 1. The van der Waals surface area contributed by atoms with Crippen LogP contribution in [-0.2, 0) is 10.0 Å². The van der Waals surface area contributed by atoms with E-state index in [0.717, 1.165) is 0 Å². The van der Waals surface area contributed by atoms with E-state index in [0.29, 0.717) is 31.0 Å². The van der Waals surface area contributed by atoms with Gasteiger partial charge in [0.2, 0.25) is 10.0 Å². The van der Waals surface area contributed by atoms with Crippen LogP contribution >= 0.6 is 23.2 Å². The molecule has 26 heavy (non-hydrogen) atoms. The maximum Gasteiger partial charge on any atom is 0.404 e. The summed E-state index contributed by atoms with van der Waals surface area (Å²) in [6.07, 6.45) is 0.113. The fraction of sp³-hybridized carbons (Fsp3) is 0.588. The molecule has 0 aliphatic carbocycles. The molecule has 0 aromatic heterocycles. The van der Waals surface area contributed by atoms with E-state index < -0.39 is 16.1 Å². The second kappa shape index (κ2) is 7.92. The van der Waals surface area contributed by atoms with Crippen LogP contribution in [0, 0.1) is 11.3 Å². The van der Waals surface area contributed by atoms with Crippen LogP contribution in [0.3, 0.4) is 0 Å². The lowest BCUT2D eigenvalue weighted by Gasteiger charge is -2.41. The van der Waals surface area contributed by atoms with Crippen LogP contribution in [-0.4, -0.2) is 43.1 Å². The molecule has 9 heteroatoms. The number of hydrogen-bond donors (Lipinski definition) is 2. The number of rotatable bonds is 4. The summed E-state index contributed by atoms with van der Waals surface area (Å²) >= 11 is 11.8. The highest BCUT2D eigenvalue weighted by atomic mass is 35.5. The summed E-state index contributed by atoms with van der Waals surface area (Å²) in [7, 11) is -3.66. The molecule has 1 aromatic rings. The van der Waals surface area contributed by atoms with Crippen molar-refractivity contribution >= 4 is 39.3 Å². The maximum atomic E-state index is 12.8. The van der Waals surface area contributed by atoms with E-state index in [1.54, 1.807) is 0 Å². The molecule has 1 fully saturated rings. The van der Waals surface area contributed by atoms with Crippen molar-refractivity contribution in [2.45, 2.75) is 44.6 Å². The van der Waals surface area contributed by atoms with E-state index >= 15 is 0 Å². The highest BCUT2D eigenvalue weighted by Gasteiger charge is 2.38. The molecular weight excluding hydrogens is 399 g/mol. The molecule has 0 radical (unpaired) electrons. The minimum Gasteiger partial charge on any atom is -0.465 e. The van der Waals surface area contributed by atoms with Gasteiger partial charge in [-0.2, -0.15) is 4.31 Å². The minimum absolute atomic E-state index is 0.0753. The normalized spacial score (nSPS) is 18.5. The Kier molecular flexibility index (Phi) is 6.48. The van der Waals surface area contributed by atoms with Gasteiger partial charge in [0.05, 0.1) is 14.9 Å². The smallest absolute Gasteiger partial charge is 0.404 e. The quantitative estimate of drug-likeness (QED) is 0.764. The SMILES string of the molecule is CC(C)(C)C(NC(=O)O)C1CCN(S(=O)(=O)c2ccc(Cl)c(Cl)c2)CC1. The first kappa shape index (κ1) is 21.3. The number of halogens is 2. The van der Waals surface area contributed by atoms with E-state index in [9.17, 15) is 13.2 Å². The maximum absolute atomic E-state index is 12.8. The van der Waals surface area contributed by atoms with Crippen LogP contribution in [0.1, 0.15) is 33.6 Å². The Bertz CT molecular complexity index is 769. The largest absolute Gasteiger partial charge is 0.465 e. The highest BCUT2D eigenvalue weighted by Crippen LogP contribution is 2.34. The standard InChI is InChI=1S/C17H24Cl2N2O4S/c1-17(2,3)15(20-16(22)23)11-6-8-21(9-7-11)26(24,25)12-4-5-13(18)14(19)10-12/h4-5,10-11,15,20H,6-9H2,1-3H3,(H,22,23). The van der Waals surface area contributed by atoms with Crippen molar-refractivity contribution < 1.29 is 18.3 Å². The molecule has 1 unspecified atom stereocenters. The number of sulfonamides is 1. The molecule has 1 saturated heterocycles. The molecular formula is C17H24Cl2N2O4S. The predicted octanol–water partition coefficient (Wildman–Crippen LogP) is 4.08. The number of piperidine rings is 1. The lowest BCUT2D eigenvalue weighted by Crippen LogP contribution is -2.51. The number of nitrogens with one attached hydrogen (secondary N) is 1. The number of carboxylic acid groups (broad SMARTS) is 1. The van der Waals surface area contributed by atoms with Crippen molar-refractivity contribution in [3.63, 3.8) is 0 Å². The zero-order chi connectivity index (χ0) is 19.7. The molecule has 6 nitrogen and oxygen atoms in total. The lowest BCUT2D eigenvalue weighted by atomic mass is 9.75. The number of amides is 1. The lowest BCUT2D eigenvalue weighted by molar-refractivity contribution is 0.127. The van der Waals surface area contributed by atoms with Crippen molar-refractivity contribution in [3.8, 4) is 0 Å². The summed E-state index contributed by atoms with van der Waals surface area (Å²) < 4.78 is 27.1. The number of carbonyl (C=O) groups is 1. The molecule has 2 N–H and O–H groups in total. The molecule has 1 aliphatic rings. The Balaban J connectivity index is 2.13. The summed E-state index contributed by atoms with van der Waals surface area (Å²) in [5, 5.41) is 12.2. The average molecular weight is 423 g/mol. The molecule has 1 heterocycles.